The van der Waals surface area contributed by atoms with Gasteiger partial charge in [-0.05, 0) is 50.2 Å². The van der Waals surface area contributed by atoms with Crippen LogP contribution in [0.5, 0.6) is 5.75 Å². The summed E-state index contributed by atoms with van der Waals surface area (Å²) in [6, 6.07) is 12.3. The number of nitrogens with zero attached hydrogens (tertiary/aromatic N) is 2. The van der Waals surface area contributed by atoms with Gasteiger partial charge in [0, 0.05) is 38.7 Å². The normalized spacial score (nSPS) is 14.9. The second-order valence-electron chi connectivity index (χ2n) is 8.00. The second kappa shape index (κ2) is 10.7. The molecule has 0 aliphatic carbocycles. The molecule has 3 amide bonds. The predicted molar refractivity (Wildman–Crippen MR) is 126 cm³/mol. The lowest BCUT2D eigenvalue weighted by Crippen LogP contribution is -2.57. The first-order valence-corrected chi connectivity index (χ1v) is 12.6. The lowest BCUT2D eigenvalue weighted by Gasteiger charge is -2.36. The smallest absolute Gasteiger partial charge is 0.261 e. The summed E-state index contributed by atoms with van der Waals surface area (Å²) in [5, 5.41) is 0.622. The van der Waals surface area contributed by atoms with Crippen LogP contribution in [0.3, 0.4) is 0 Å². The van der Waals surface area contributed by atoms with E-state index in [1.54, 1.807) is 29.2 Å². The highest BCUT2D eigenvalue weighted by molar-refractivity contribution is 7.92. The number of benzene rings is 2. The standard InChI is InChI=1S/C24H29N3O6S/c1-4-33-20-9-7-19(8-10-20)22(29)25-23(34(31,32)21-11-5-17(2)6-12-21)24(30)27-15-13-26(14-16-27)18(3)28/h5-12,23H,4,13-16H2,1-3H3,(H,25,29). The van der Waals surface area contributed by atoms with Gasteiger partial charge in [-0.3, -0.25) is 14.4 Å². The molecule has 1 heterocycles. The van der Waals surface area contributed by atoms with Crippen molar-refractivity contribution in [3.05, 3.63) is 59.7 Å². The van der Waals surface area contributed by atoms with E-state index in [0.717, 1.165) is 5.56 Å². The molecule has 9 nitrogen and oxygen atoms in total. The topological polar surface area (TPSA) is 113 Å². The van der Waals surface area contributed by atoms with Crippen LogP contribution in [0.15, 0.2) is 53.4 Å². The minimum Gasteiger partial charge on any atom is -0.494 e. The Morgan fingerprint density at radius 1 is 0.941 bits per heavy atom. The van der Waals surface area contributed by atoms with Crippen molar-refractivity contribution in [3.8, 4) is 5.75 Å². The molecule has 3 rings (SSSR count). The molecular formula is C24H29N3O6S. The molecule has 1 atom stereocenters. The van der Waals surface area contributed by atoms with Crippen LogP contribution >= 0.6 is 0 Å². The molecule has 0 radical (unpaired) electrons. The Labute approximate surface area is 199 Å². The summed E-state index contributed by atoms with van der Waals surface area (Å²) in [4.78, 5) is 40.8. The molecule has 0 spiro atoms. The van der Waals surface area contributed by atoms with Crippen LogP contribution in [0.25, 0.3) is 0 Å². The van der Waals surface area contributed by atoms with E-state index in [4.69, 9.17) is 4.74 Å². The van der Waals surface area contributed by atoms with E-state index in [-0.39, 0.29) is 29.5 Å². The Kier molecular flexibility index (Phi) is 7.93. The number of carbonyl (C=O) groups excluding carboxylic acids is 3. The summed E-state index contributed by atoms with van der Waals surface area (Å²) in [5.41, 5.74) is 1.06. The SMILES string of the molecule is CCOc1ccc(C(=O)NC(C(=O)N2CCN(C(C)=O)CC2)S(=O)(=O)c2ccc(C)cc2)cc1. The number of hydrogen-bond acceptors (Lipinski definition) is 6. The van der Waals surface area contributed by atoms with Gasteiger partial charge in [-0.2, -0.15) is 0 Å². The summed E-state index contributed by atoms with van der Waals surface area (Å²) in [7, 11) is -4.24. The zero-order valence-corrected chi connectivity index (χ0v) is 20.3. The van der Waals surface area contributed by atoms with Crippen molar-refractivity contribution in [2.24, 2.45) is 0 Å². The number of nitrogens with one attached hydrogen (secondary N) is 1. The average Bonchev–Trinajstić information content (AvgIpc) is 2.83. The highest BCUT2D eigenvalue weighted by Gasteiger charge is 2.39. The van der Waals surface area contributed by atoms with Crippen LogP contribution in [0.1, 0.15) is 29.8 Å². The molecule has 10 heteroatoms. The summed E-state index contributed by atoms with van der Waals surface area (Å²) in [5.74, 6) is -0.968. The number of hydrogen-bond donors (Lipinski definition) is 1. The number of ether oxygens (including phenoxy) is 1. The number of amides is 3. The minimum atomic E-state index is -4.24. The fourth-order valence-electron chi connectivity index (χ4n) is 3.62. The second-order valence-corrected chi connectivity index (χ2v) is 10.0. The highest BCUT2D eigenvalue weighted by Crippen LogP contribution is 2.19. The van der Waals surface area contributed by atoms with E-state index < -0.39 is 27.0 Å². The number of piperazine rings is 1. The van der Waals surface area contributed by atoms with Crippen LogP contribution in [-0.2, 0) is 19.4 Å². The molecule has 1 aliphatic rings. The lowest BCUT2D eigenvalue weighted by molar-refractivity contribution is -0.138. The summed E-state index contributed by atoms with van der Waals surface area (Å²) in [6.07, 6.45) is 0. The molecule has 0 aromatic heterocycles. The Morgan fingerprint density at radius 3 is 2.03 bits per heavy atom. The third-order valence-corrected chi connectivity index (χ3v) is 7.48. The van der Waals surface area contributed by atoms with Gasteiger partial charge in [0.15, 0.2) is 0 Å². The molecule has 2 aromatic carbocycles. The quantitative estimate of drug-likeness (QED) is 0.635. The van der Waals surface area contributed by atoms with Crippen molar-refractivity contribution in [1.29, 1.82) is 0 Å². The van der Waals surface area contributed by atoms with E-state index in [0.29, 0.717) is 25.4 Å². The van der Waals surface area contributed by atoms with Gasteiger partial charge in [-0.1, -0.05) is 17.7 Å². The van der Waals surface area contributed by atoms with E-state index in [9.17, 15) is 22.8 Å². The molecule has 1 fully saturated rings. The van der Waals surface area contributed by atoms with Crippen LogP contribution in [0.2, 0.25) is 0 Å². The Hall–Kier alpha value is -3.40. The maximum absolute atomic E-state index is 13.5. The third-order valence-electron chi connectivity index (χ3n) is 5.61. The molecule has 2 aromatic rings. The molecule has 1 unspecified atom stereocenters. The van der Waals surface area contributed by atoms with E-state index in [2.05, 4.69) is 5.32 Å². The first-order chi connectivity index (χ1) is 16.1. The Morgan fingerprint density at radius 2 is 1.50 bits per heavy atom. The van der Waals surface area contributed by atoms with Crippen LogP contribution in [0.4, 0.5) is 0 Å². The van der Waals surface area contributed by atoms with Crippen LogP contribution in [-0.4, -0.2) is 74.1 Å². The molecule has 1 N–H and O–H groups in total. The fourth-order valence-corrected chi connectivity index (χ4v) is 5.08. The van der Waals surface area contributed by atoms with Gasteiger partial charge in [0.25, 0.3) is 11.8 Å². The van der Waals surface area contributed by atoms with Crippen molar-refractivity contribution in [1.82, 2.24) is 15.1 Å². The van der Waals surface area contributed by atoms with Gasteiger partial charge < -0.3 is 19.9 Å². The molecule has 0 bridgehead atoms. The van der Waals surface area contributed by atoms with Gasteiger partial charge in [-0.25, -0.2) is 8.42 Å². The first-order valence-electron chi connectivity index (χ1n) is 11.0. The van der Waals surface area contributed by atoms with Gasteiger partial charge in [0.2, 0.25) is 21.1 Å². The Balaban J connectivity index is 1.88. The number of sulfone groups is 1. The van der Waals surface area contributed by atoms with Gasteiger partial charge in [0.05, 0.1) is 11.5 Å². The van der Waals surface area contributed by atoms with E-state index in [1.165, 1.54) is 36.1 Å². The first kappa shape index (κ1) is 25.2. The van der Waals surface area contributed by atoms with Gasteiger partial charge in [0.1, 0.15) is 5.75 Å². The predicted octanol–water partition coefficient (Wildman–Crippen LogP) is 1.61. The highest BCUT2D eigenvalue weighted by atomic mass is 32.2. The zero-order valence-electron chi connectivity index (χ0n) is 19.5. The Bertz CT molecular complexity index is 1140. The molecule has 1 aliphatic heterocycles. The molecule has 0 saturated carbocycles. The molecule has 1 saturated heterocycles. The zero-order chi connectivity index (χ0) is 24.9. The third kappa shape index (κ3) is 5.74. The maximum atomic E-state index is 13.5. The van der Waals surface area contributed by atoms with Crippen molar-refractivity contribution < 1.29 is 27.5 Å². The number of carbonyl (C=O) groups is 3. The largest absolute Gasteiger partial charge is 0.494 e. The molecule has 34 heavy (non-hydrogen) atoms. The van der Waals surface area contributed by atoms with Crippen molar-refractivity contribution >= 4 is 27.6 Å². The average molecular weight is 488 g/mol. The molecule has 182 valence electrons. The van der Waals surface area contributed by atoms with E-state index >= 15 is 0 Å². The number of aryl methyl sites for hydroxylation is 1. The monoisotopic (exact) mass is 487 g/mol. The van der Waals surface area contributed by atoms with Gasteiger partial charge >= 0.3 is 0 Å². The van der Waals surface area contributed by atoms with Crippen LogP contribution < -0.4 is 10.1 Å². The van der Waals surface area contributed by atoms with Crippen molar-refractivity contribution in [2.45, 2.75) is 31.0 Å². The molecular weight excluding hydrogens is 458 g/mol. The summed E-state index contributed by atoms with van der Waals surface area (Å²) >= 11 is 0. The summed E-state index contributed by atoms with van der Waals surface area (Å²) < 4.78 is 32.3. The minimum absolute atomic E-state index is 0.0641. The van der Waals surface area contributed by atoms with Crippen molar-refractivity contribution in [3.63, 3.8) is 0 Å². The summed E-state index contributed by atoms with van der Waals surface area (Å²) in [6.45, 7) is 6.52. The number of rotatable bonds is 7. The lowest BCUT2D eigenvalue weighted by atomic mass is 10.2. The maximum Gasteiger partial charge on any atom is 0.261 e. The van der Waals surface area contributed by atoms with Crippen molar-refractivity contribution in [2.75, 3.05) is 32.8 Å². The van der Waals surface area contributed by atoms with Gasteiger partial charge in [-0.15, -0.1) is 0 Å². The fraction of sp³-hybridized carbons (Fsp3) is 0.375. The van der Waals surface area contributed by atoms with E-state index in [1.807, 2.05) is 13.8 Å². The van der Waals surface area contributed by atoms with Crippen LogP contribution in [0, 0.1) is 6.92 Å².